The van der Waals surface area contributed by atoms with Crippen LogP contribution < -0.4 is 0 Å². The Morgan fingerprint density at radius 2 is 2.07 bits per heavy atom. The summed E-state index contributed by atoms with van der Waals surface area (Å²) in [6.45, 7) is 0. The minimum Gasteiger partial charge on any atom is -0.314 e. The van der Waals surface area contributed by atoms with E-state index in [-0.39, 0.29) is 17.4 Å². The van der Waals surface area contributed by atoms with Crippen LogP contribution in [-0.4, -0.2) is 30.5 Å². The molecule has 0 radical (unpaired) electrons. The molecule has 0 aliphatic carbocycles. The molecule has 2 rings (SSSR count). The van der Waals surface area contributed by atoms with E-state index in [4.69, 9.17) is 0 Å². The van der Waals surface area contributed by atoms with Gasteiger partial charge in [-0.1, -0.05) is 0 Å². The van der Waals surface area contributed by atoms with Crippen LogP contribution in [0.5, 0.6) is 0 Å². The van der Waals surface area contributed by atoms with Gasteiger partial charge in [-0.05, 0) is 6.07 Å². The molecular weight excluding hydrogens is 182 g/mol. The molecule has 2 aromatic rings. The van der Waals surface area contributed by atoms with Crippen LogP contribution in [0.25, 0.3) is 0 Å². The highest BCUT2D eigenvalue weighted by atomic mass is 16.1. The van der Waals surface area contributed by atoms with Crippen molar-refractivity contribution < 1.29 is 4.79 Å². The first-order valence-corrected chi connectivity index (χ1v) is 3.95. The molecule has 0 fully saturated rings. The number of carbonyl (C=O) groups excluding carboxylic acids is 1. The molecule has 0 bridgehead atoms. The van der Waals surface area contributed by atoms with Gasteiger partial charge in [-0.3, -0.25) is 4.79 Å². The van der Waals surface area contributed by atoms with E-state index in [2.05, 4.69) is 20.2 Å². The van der Waals surface area contributed by atoms with Crippen molar-refractivity contribution in [2.45, 2.75) is 0 Å². The van der Waals surface area contributed by atoms with Gasteiger partial charge >= 0.3 is 0 Å². The average molecular weight is 189 g/mol. The van der Waals surface area contributed by atoms with Gasteiger partial charge in [0.2, 0.25) is 11.6 Å². The highest BCUT2D eigenvalue weighted by molar-refractivity contribution is 6.03. The van der Waals surface area contributed by atoms with E-state index >= 15 is 0 Å². The van der Waals surface area contributed by atoms with E-state index in [1.165, 1.54) is 23.3 Å². The van der Waals surface area contributed by atoms with E-state index in [0.29, 0.717) is 0 Å². The molecule has 0 amide bonds. The number of rotatable bonds is 2. The fraction of sp³-hybridized carbons (Fsp3) is 0.125. The number of hydrogen-bond acceptors (Lipinski definition) is 5. The maximum absolute atomic E-state index is 11.7. The van der Waals surface area contributed by atoms with Crippen molar-refractivity contribution >= 4 is 5.78 Å². The largest absolute Gasteiger partial charge is 0.314 e. The van der Waals surface area contributed by atoms with Crippen molar-refractivity contribution in [3.05, 3.63) is 36.4 Å². The fourth-order valence-corrected chi connectivity index (χ4v) is 1.01. The normalized spacial score (nSPS) is 10.1. The number of carbonyl (C=O) groups is 1. The SMILES string of the molecule is Cn1cnnc1C(=O)c1ncccn1. The molecule has 0 aromatic carbocycles. The second kappa shape index (κ2) is 3.33. The fourth-order valence-electron chi connectivity index (χ4n) is 1.01. The molecule has 0 aliphatic heterocycles. The Morgan fingerprint density at radius 1 is 1.36 bits per heavy atom. The van der Waals surface area contributed by atoms with Crippen molar-refractivity contribution in [2.24, 2.45) is 7.05 Å². The average Bonchev–Trinajstić information content (AvgIpc) is 2.65. The summed E-state index contributed by atoms with van der Waals surface area (Å²) in [5.41, 5.74) is 0. The van der Waals surface area contributed by atoms with Crippen LogP contribution in [0.1, 0.15) is 16.4 Å². The lowest BCUT2D eigenvalue weighted by atomic mass is 10.3. The number of aromatic nitrogens is 5. The summed E-state index contributed by atoms with van der Waals surface area (Å²) in [6, 6.07) is 1.65. The quantitative estimate of drug-likeness (QED) is 0.613. The molecule has 0 unspecified atom stereocenters. The van der Waals surface area contributed by atoms with Gasteiger partial charge in [-0.25, -0.2) is 9.97 Å². The minimum atomic E-state index is -0.328. The highest BCUT2D eigenvalue weighted by Crippen LogP contribution is 1.99. The van der Waals surface area contributed by atoms with Gasteiger partial charge in [0.15, 0.2) is 0 Å². The molecule has 14 heavy (non-hydrogen) atoms. The molecule has 0 saturated carbocycles. The maximum atomic E-state index is 11.7. The van der Waals surface area contributed by atoms with Crippen LogP contribution in [0, 0.1) is 0 Å². The predicted octanol–water partition coefficient (Wildman–Crippen LogP) is -0.164. The van der Waals surface area contributed by atoms with Crippen LogP contribution in [0.2, 0.25) is 0 Å². The lowest BCUT2D eigenvalue weighted by molar-refractivity contribution is 0.101. The first kappa shape index (κ1) is 8.49. The Bertz CT molecular complexity index is 450. The van der Waals surface area contributed by atoms with Gasteiger partial charge in [-0.2, -0.15) is 0 Å². The first-order chi connectivity index (χ1) is 6.79. The summed E-state index contributed by atoms with van der Waals surface area (Å²) < 4.78 is 1.53. The van der Waals surface area contributed by atoms with E-state index in [9.17, 15) is 4.79 Å². The molecule has 6 heteroatoms. The van der Waals surface area contributed by atoms with Crippen LogP contribution in [-0.2, 0) is 7.05 Å². The topological polar surface area (TPSA) is 73.6 Å². The summed E-state index contributed by atoms with van der Waals surface area (Å²) in [5.74, 6) is 0.0328. The molecule has 0 N–H and O–H groups in total. The third kappa shape index (κ3) is 1.37. The van der Waals surface area contributed by atoms with E-state index < -0.39 is 0 Å². The molecule has 0 spiro atoms. The van der Waals surface area contributed by atoms with Crippen LogP contribution >= 0.6 is 0 Å². The molecule has 6 nitrogen and oxygen atoms in total. The summed E-state index contributed by atoms with van der Waals surface area (Å²) in [5, 5.41) is 7.28. The van der Waals surface area contributed by atoms with E-state index in [0.717, 1.165) is 0 Å². The van der Waals surface area contributed by atoms with Crippen molar-refractivity contribution in [3.8, 4) is 0 Å². The molecule has 70 valence electrons. The van der Waals surface area contributed by atoms with Crippen molar-refractivity contribution in [3.63, 3.8) is 0 Å². The molecule has 2 heterocycles. The van der Waals surface area contributed by atoms with E-state index in [1.54, 1.807) is 13.1 Å². The summed E-state index contributed by atoms with van der Waals surface area (Å²) >= 11 is 0. The smallest absolute Gasteiger partial charge is 0.267 e. The van der Waals surface area contributed by atoms with Crippen LogP contribution in [0.15, 0.2) is 24.8 Å². The number of nitrogens with zero attached hydrogens (tertiary/aromatic N) is 5. The number of aryl methyl sites for hydroxylation is 1. The molecule has 0 aliphatic rings. The third-order valence-electron chi connectivity index (χ3n) is 1.68. The first-order valence-electron chi connectivity index (χ1n) is 3.95. The zero-order chi connectivity index (χ0) is 9.97. The van der Waals surface area contributed by atoms with Gasteiger partial charge in [-0.15, -0.1) is 10.2 Å². The molecule has 0 saturated heterocycles. The van der Waals surface area contributed by atoms with Crippen molar-refractivity contribution in [1.82, 2.24) is 24.7 Å². The van der Waals surface area contributed by atoms with Crippen LogP contribution in [0.4, 0.5) is 0 Å². The van der Waals surface area contributed by atoms with Crippen molar-refractivity contribution in [2.75, 3.05) is 0 Å². The lowest BCUT2D eigenvalue weighted by Gasteiger charge is -1.96. The summed E-state index contributed by atoms with van der Waals surface area (Å²) in [4.78, 5) is 19.3. The molecule has 2 aromatic heterocycles. The van der Waals surface area contributed by atoms with Gasteiger partial charge in [0, 0.05) is 19.4 Å². The standard InChI is InChI=1S/C8H7N5O/c1-13-5-11-12-8(13)6(14)7-9-3-2-4-10-7/h2-5H,1H3. The summed E-state index contributed by atoms with van der Waals surface area (Å²) in [6.07, 6.45) is 4.48. The van der Waals surface area contributed by atoms with Crippen molar-refractivity contribution in [1.29, 1.82) is 0 Å². The minimum absolute atomic E-state index is 0.128. The number of ketones is 1. The van der Waals surface area contributed by atoms with Gasteiger partial charge in [0.1, 0.15) is 6.33 Å². The van der Waals surface area contributed by atoms with E-state index in [1.807, 2.05) is 0 Å². The second-order valence-corrected chi connectivity index (χ2v) is 2.67. The maximum Gasteiger partial charge on any atom is 0.267 e. The van der Waals surface area contributed by atoms with Crippen LogP contribution in [0.3, 0.4) is 0 Å². The number of hydrogen-bond donors (Lipinski definition) is 0. The molecular formula is C8H7N5O. The Morgan fingerprint density at radius 3 is 2.64 bits per heavy atom. The zero-order valence-electron chi connectivity index (χ0n) is 7.45. The predicted molar refractivity (Wildman–Crippen MR) is 46.5 cm³/mol. The lowest BCUT2D eigenvalue weighted by Crippen LogP contribution is -2.11. The third-order valence-corrected chi connectivity index (χ3v) is 1.68. The Hall–Kier alpha value is -2.11. The summed E-state index contributed by atoms with van der Waals surface area (Å²) in [7, 11) is 1.69. The van der Waals surface area contributed by atoms with Gasteiger partial charge in [0.25, 0.3) is 5.78 Å². The Kier molecular flexibility index (Phi) is 2.02. The second-order valence-electron chi connectivity index (χ2n) is 2.67. The monoisotopic (exact) mass is 189 g/mol. The van der Waals surface area contributed by atoms with Gasteiger partial charge in [0.05, 0.1) is 0 Å². The molecule has 0 atom stereocenters. The Balaban J connectivity index is 2.39. The zero-order valence-corrected chi connectivity index (χ0v) is 7.45. The Labute approximate surface area is 79.6 Å². The van der Waals surface area contributed by atoms with Gasteiger partial charge < -0.3 is 4.57 Å². The highest BCUT2D eigenvalue weighted by Gasteiger charge is 2.16.